The SMILES string of the molecule is C#CCNC1CC(C#N)(c2ccccc2)C1. The molecule has 1 aliphatic carbocycles. The first-order chi connectivity index (χ1) is 7.80. The molecule has 1 aromatic rings. The molecular weight excluding hydrogens is 196 g/mol. The average Bonchev–Trinajstić information content (AvgIpc) is 2.29. The largest absolute Gasteiger partial charge is 0.303 e. The molecule has 2 nitrogen and oxygen atoms in total. The molecule has 0 heterocycles. The molecule has 2 heteroatoms. The van der Waals surface area contributed by atoms with Gasteiger partial charge in [0.25, 0.3) is 0 Å². The lowest BCUT2D eigenvalue weighted by Gasteiger charge is -2.43. The maximum Gasteiger partial charge on any atom is 0.0852 e. The molecule has 1 aliphatic rings. The van der Waals surface area contributed by atoms with Crippen LogP contribution in [0.25, 0.3) is 0 Å². The van der Waals surface area contributed by atoms with Crippen molar-refractivity contribution in [1.29, 1.82) is 5.26 Å². The monoisotopic (exact) mass is 210 g/mol. The molecule has 0 amide bonds. The van der Waals surface area contributed by atoms with Gasteiger partial charge in [-0.3, -0.25) is 0 Å². The second-order valence-electron chi connectivity index (χ2n) is 4.25. The van der Waals surface area contributed by atoms with Crippen LogP contribution in [0.5, 0.6) is 0 Å². The Kier molecular flexibility index (Phi) is 2.95. The highest BCUT2D eigenvalue weighted by Gasteiger charge is 2.45. The predicted octanol–water partition coefficient (Wildman–Crippen LogP) is 1.83. The van der Waals surface area contributed by atoms with Crippen LogP contribution in [0.2, 0.25) is 0 Å². The molecule has 0 atom stereocenters. The molecule has 0 spiro atoms. The van der Waals surface area contributed by atoms with Gasteiger partial charge in [-0.2, -0.15) is 5.26 Å². The smallest absolute Gasteiger partial charge is 0.0852 e. The fourth-order valence-corrected chi connectivity index (χ4v) is 2.28. The number of nitrogens with one attached hydrogen (secondary N) is 1. The van der Waals surface area contributed by atoms with Crippen LogP contribution in [0.1, 0.15) is 18.4 Å². The lowest BCUT2D eigenvalue weighted by Crippen LogP contribution is -2.50. The molecule has 1 N–H and O–H groups in total. The van der Waals surface area contributed by atoms with Gasteiger partial charge in [0, 0.05) is 6.04 Å². The zero-order chi connectivity index (χ0) is 11.4. The Morgan fingerprint density at radius 2 is 2.06 bits per heavy atom. The van der Waals surface area contributed by atoms with E-state index in [1.807, 2.05) is 30.3 Å². The molecule has 0 radical (unpaired) electrons. The third-order valence-corrected chi connectivity index (χ3v) is 3.22. The van der Waals surface area contributed by atoms with E-state index in [2.05, 4.69) is 17.3 Å². The van der Waals surface area contributed by atoms with E-state index in [1.165, 1.54) is 0 Å². The molecule has 0 bridgehead atoms. The topological polar surface area (TPSA) is 35.8 Å². The summed E-state index contributed by atoms with van der Waals surface area (Å²) in [5.41, 5.74) is 0.823. The van der Waals surface area contributed by atoms with Crippen molar-refractivity contribution >= 4 is 0 Å². The summed E-state index contributed by atoms with van der Waals surface area (Å²) in [6, 6.07) is 12.8. The van der Waals surface area contributed by atoms with Gasteiger partial charge in [0.1, 0.15) is 0 Å². The summed E-state index contributed by atoms with van der Waals surface area (Å²) in [7, 11) is 0. The highest BCUT2D eigenvalue weighted by molar-refractivity contribution is 5.36. The highest BCUT2D eigenvalue weighted by Crippen LogP contribution is 2.43. The minimum atomic E-state index is -0.298. The number of hydrogen-bond acceptors (Lipinski definition) is 2. The van der Waals surface area contributed by atoms with Crippen molar-refractivity contribution in [3.8, 4) is 18.4 Å². The van der Waals surface area contributed by atoms with E-state index in [4.69, 9.17) is 6.42 Å². The third kappa shape index (κ3) is 1.81. The van der Waals surface area contributed by atoms with Crippen LogP contribution in [0.4, 0.5) is 0 Å². The van der Waals surface area contributed by atoms with Gasteiger partial charge in [0.05, 0.1) is 18.0 Å². The Morgan fingerprint density at radius 3 is 2.62 bits per heavy atom. The van der Waals surface area contributed by atoms with Gasteiger partial charge in [0.2, 0.25) is 0 Å². The Morgan fingerprint density at radius 1 is 1.38 bits per heavy atom. The zero-order valence-corrected chi connectivity index (χ0v) is 9.11. The fourth-order valence-electron chi connectivity index (χ4n) is 2.28. The summed E-state index contributed by atoms with van der Waals surface area (Å²) in [5, 5.41) is 12.6. The van der Waals surface area contributed by atoms with Gasteiger partial charge >= 0.3 is 0 Å². The summed E-state index contributed by atoms with van der Waals surface area (Å²) < 4.78 is 0. The van der Waals surface area contributed by atoms with E-state index in [9.17, 15) is 5.26 Å². The second-order valence-corrected chi connectivity index (χ2v) is 4.25. The van der Waals surface area contributed by atoms with Crippen LogP contribution >= 0.6 is 0 Å². The van der Waals surface area contributed by atoms with E-state index < -0.39 is 0 Å². The van der Waals surface area contributed by atoms with E-state index in [1.54, 1.807) is 0 Å². The summed E-state index contributed by atoms with van der Waals surface area (Å²) in [6.07, 6.45) is 6.90. The van der Waals surface area contributed by atoms with Gasteiger partial charge in [-0.1, -0.05) is 36.3 Å². The molecule has 1 saturated carbocycles. The summed E-state index contributed by atoms with van der Waals surface area (Å²) in [5.74, 6) is 2.56. The van der Waals surface area contributed by atoms with Gasteiger partial charge in [0.15, 0.2) is 0 Å². The number of terminal acetylenes is 1. The van der Waals surface area contributed by atoms with Gasteiger partial charge in [-0.25, -0.2) is 0 Å². The van der Waals surface area contributed by atoms with Crippen LogP contribution in [-0.2, 0) is 5.41 Å². The first-order valence-corrected chi connectivity index (χ1v) is 5.44. The van der Waals surface area contributed by atoms with E-state index in [0.29, 0.717) is 12.6 Å². The number of nitriles is 1. The molecule has 1 aromatic carbocycles. The van der Waals surface area contributed by atoms with Crippen molar-refractivity contribution in [3.05, 3.63) is 35.9 Å². The first kappa shape index (κ1) is 10.7. The Balaban J connectivity index is 2.05. The summed E-state index contributed by atoms with van der Waals surface area (Å²) in [6.45, 7) is 0.584. The lowest BCUT2D eigenvalue weighted by atomic mass is 9.62. The molecule has 0 aliphatic heterocycles. The molecular formula is C14H14N2. The van der Waals surface area contributed by atoms with Crippen molar-refractivity contribution in [3.63, 3.8) is 0 Å². The zero-order valence-electron chi connectivity index (χ0n) is 9.11. The maximum absolute atomic E-state index is 9.32. The molecule has 2 rings (SSSR count). The average molecular weight is 210 g/mol. The van der Waals surface area contributed by atoms with E-state index in [0.717, 1.165) is 18.4 Å². The highest BCUT2D eigenvalue weighted by atomic mass is 14.9. The molecule has 0 saturated heterocycles. The van der Waals surface area contributed by atoms with Gasteiger partial charge < -0.3 is 5.32 Å². The predicted molar refractivity (Wildman–Crippen MR) is 63.6 cm³/mol. The van der Waals surface area contributed by atoms with Crippen LogP contribution in [0.15, 0.2) is 30.3 Å². The quantitative estimate of drug-likeness (QED) is 0.773. The van der Waals surface area contributed by atoms with Gasteiger partial charge in [-0.15, -0.1) is 6.42 Å². The Labute approximate surface area is 96.3 Å². The third-order valence-electron chi connectivity index (χ3n) is 3.22. The molecule has 80 valence electrons. The van der Waals surface area contributed by atoms with Crippen LogP contribution in [0.3, 0.4) is 0 Å². The number of rotatable bonds is 3. The molecule has 0 aromatic heterocycles. The maximum atomic E-state index is 9.32. The Bertz CT molecular complexity index is 430. The lowest BCUT2D eigenvalue weighted by molar-refractivity contribution is 0.233. The molecule has 1 fully saturated rings. The minimum Gasteiger partial charge on any atom is -0.303 e. The van der Waals surface area contributed by atoms with Crippen molar-refractivity contribution in [2.75, 3.05) is 6.54 Å². The number of hydrogen-bond donors (Lipinski definition) is 1. The van der Waals surface area contributed by atoms with Crippen LogP contribution < -0.4 is 5.32 Å². The standard InChI is InChI=1S/C14H14N2/c1-2-8-16-13-9-14(10-13,11-15)12-6-4-3-5-7-12/h1,3-7,13,16H,8-10H2. The molecule has 16 heavy (non-hydrogen) atoms. The fraction of sp³-hybridized carbons (Fsp3) is 0.357. The minimum absolute atomic E-state index is 0.298. The van der Waals surface area contributed by atoms with Gasteiger partial charge in [-0.05, 0) is 18.4 Å². The van der Waals surface area contributed by atoms with Crippen LogP contribution in [-0.4, -0.2) is 12.6 Å². The number of benzene rings is 1. The normalized spacial score (nSPS) is 27.5. The summed E-state index contributed by atoms with van der Waals surface area (Å²) in [4.78, 5) is 0. The summed E-state index contributed by atoms with van der Waals surface area (Å²) >= 11 is 0. The van der Waals surface area contributed by atoms with E-state index >= 15 is 0 Å². The Hall–Kier alpha value is -1.77. The van der Waals surface area contributed by atoms with Crippen molar-refractivity contribution in [1.82, 2.24) is 5.32 Å². The van der Waals surface area contributed by atoms with Crippen molar-refractivity contribution < 1.29 is 0 Å². The second kappa shape index (κ2) is 4.39. The molecule has 0 unspecified atom stereocenters. The van der Waals surface area contributed by atoms with E-state index in [-0.39, 0.29) is 5.41 Å². The first-order valence-electron chi connectivity index (χ1n) is 5.44. The number of nitrogens with zero attached hydrogens (tertiary/aromatic N) is 1. The van der Waals surface area contributed by atoms with Crippen LogP contribution in [0, 0.1) is 23.7 Å². The van der Waals surface area contributed by atoms with Crippen molar-refractivity contribution in [2.45, 2.75) is 24.3 Å². The van der Waals surface area contributed by atoms with Crippen molar-refractivity contribution in [2.24, 2.45) is 0 Å².